The number of carboxylic acid groups (broad SMARTS) is 1. The van der Waals surface area contributed by atoms with E-state index in [4.69, 9.17) is 0 Å². The van der Waals surface area contributed by atoms with Gasteiger partial charge in [-0.25, -0.2) is 0 Å². The maximum absolute atomic E-state index is 11.3. The van der Waals surface area contributed by atoms with E-state index in [-0.39, 0.29) is 6.04 Å². The third kappa shape index (κ3) is 4.64. The number of piperazine rings is 1. The fraction of sp³-hybridized carbons (Fsp3) is 0.923. The first-order valence-corrected chi connectivity index (χ1v) is 6.88. The van der Waals surface area contributed by atoms with Crippen LogP contribution in [0.25, 0.3) is 0 Å². The molecule has 1 aliphatic rings. The summed E-state index contributed by atoms with van der Waals surface area (Å²) in [5.41, 5.74) is 0. The summed E-state index contributed by atoms with van der Waals surface area (Å²) in [4.78, 5) is 15.8. The Labute approximate surface area is 105 Å². The zero-order valence-corrected chi connectivity index (χ0v) is 11.2. The van der Waals surface area contributed by atoms with Gasteiger partial charge in [-0.3, -0.25) is 9.69 Å². The molecular formula is C13H26N2O2. The minimum atomic E-state index is -0.651. The minimum absolute atomic E-state index is 0.265. The molecule has 1 aliphatic heterocycles. The zero-order chi connectivity index (χ0) is 12.7. The molecule has 1 fully saturated rings. The number of aliphatic carboxylic acids is 1. The fourth-order valence-electron chi connectivity index (χ4n) is 2.47. The molecular weight excluding hydrogens is 216 g/mol. The van der Waals surface area contributed by atoms with Crippen LogP contribution in [-0.4, -0.2) is 59.6 Å². The molecule has 0 amide bonds. The molecule has 0 aromatic carbocycles. The summed E-state index contributed by atoms with van der Waals surface area (Å²) in [5.74, 6) is -0.651. The molecule has 1 heterocycles. The number of unbranched alkanes of at least 4 members (excludes halogenated alkanes) is 1. The molecule has 4 nitrogen and oxygen atoms in total. The second-order valence-electron chi connectivity index (χ2n) is 4.87. The smallest absolute Gasteiger partial charge is 0.320 e. The topological polar surface area (TPSA) is 43.8 Å². The van der Waals surface area contributed by atoms with Crippen molar-refractivity contribution in [1.29, 1.82) is 0 Å². The van der Waals surface area contributed by atoms with Gasteiger partial charge in [-0.2, -0.15) is 0 Å². The van der Waals surface area contributed by atoms with Crippen LogP contribution in [0.2, 0.25) is 0 Å². The number of carbonyl (C=O) groups is 1. The first-order chi connectivity index (χ1) is 8.19. The van der Waals surface area contributed by atoms with Crippen molar-refractivity contribution in [3.05, 3.63) is 0 Å². The third-order valence-corrected chi connectivity index (χ3v) is 3.50. The molecule has 1 saturated heterocycles. The minimum Gasteiger partial charge on any atom is -0.480 e. The molecule has 0 aromatic rings. The highest BCUT2D eigenvalue weighted by molar-refractivity contribution is 5.73. The van der Waals surface area contributed by atoms with Gasteiger partial charge in [0.2, 0.25) is 0 Å². The van der Waals surface area contributed by atoms with Crippen LogP contribution in [0.1, 0.15) is 39.5 Å². The largest absolute Gasteiger partial charge is 0.480 e. The van der Waals surface area contributed by atoms with E-state index >= 15 is 0 Å². The van der Waals surface area contributed by atoms with Gasteiger partial charge >= 0.3 is 5.97 Å². The van der Waals surface area contributed by atoms with Crippen molar-refractivity contribution in [2.45, 2.75) is 45.6 Å². The number of hydrogen-bond acceptors (Lipinski definition) is 3. The highest BCUT2D eigenvalue weighted by Gasteiger charge is 2.27. The molecule has 100 valence electrons. The molecule has 4 heteroatoms. The molecule has 0 bridgehead atoms. The highest BCUT2D eigenvalue weighted by atomic mass is 16.4. The first kappa shape index (κ1) is 14.5. The molecule has 17 heavy (non-hydrogen) atoms. The molecule has 0 saturated carbocycles. The lowest BCUT2D eigenvalue weighted by atomic mass is 10.1. The standard InChI is InChI=1S/C13H26N2O2/c1-3-5-6-12(13(16)17)15-10-8-14(7-4-2)9-11-15/h12H,3-11H2,1-2H3,(H,16,17). The SMILES string of the molecule is CCCCC(C(=O)O)N1CCN(CCC)CC1. The molecule has 0 aromatic heterocycles. The van der Waals surface area contributed by atoms with Crippen LogP contribution in [0.4, 0.5) is 0 Å². The predicted molar refractivity (Wildman–Crippen MR) is 69.3 cm³/mol. The number of nitrogens with zero attached hydrogens (tertiary/aromatic N) is 2. The second-order valence-corrected chi connectivity index (χ2v) is 4.87. The lowest BCUT2D eigenvalue weighted by Gasteiger charge is -2.37. The van der Waals surface area contributed by atoms with E-state index in [0.29, 0.717) is 0 Å². The number of carboxylic acids is 1. The van der Waals surface area contributed by atoms with E-state index in [1.807, 2.05) is 0 Å². The Balaban J connectivity index is 2.40. The summed E-state index contributed by atoms with van der Waals surface area (Å²) in [5, 5.41) is 9.27. The predicted octanol–water partition coefficient (Wildman–Crippen LogP) is 1.66. The normalized spacial score (nSPS) is 20.4. The summed E-state index contributed by atoms with van der Waals surface area (Å²) in [7, 11) is 0. The molecule has 0 aliphatic carbocycles. The number of rotatable bonds is 7. The highest BCUT2D eigenvalue weighted by Crippen LogP contribution is 2.12. The average molecular weight is 242 g/mol. The van der Waals surface area contributed by atoms with Gasteiger partial charge in [0.1, 0.15) is 6.04 Å². The quantitative estimate of drug-likeness (QED) is 0.737. The van der Waals surface area contributed by atoms with E-state index in [1.54, 1.807) is 0 Å². The van der Waals surface area contributed by atoms with Crippen LogP contribution in [0.3, 0.4) is 0 Å². The Morgan fingerprint density at radius 3 is 2.29 bits per heavy atom. The van der Waals surface area contributed by atoms with Gasteiger partial charge in [0.05, 0.1) is 0 Å². The molecule has 1 N–H and O–H groups in total. The van der Waals surface area contributed by atoms with Crippen LogP contribution >= 0.6 is 0 Å². The van der Waals surface area contributed by atoms with Crippen LogP contribution in [0.5, 0.6) is 0 Å². The molecule has 0 radical (unpaired) electrons. The van der Waals surface area contributed by atoms with Gasteiger partial charge in [-0.1, -0.05) is 26.7 Å². The van der Waals surface area contributed by atoms with Crippen molar-refractivity contribution in [3.63, 3.8) is 0 Å². The monoisotopic (exact) mass is 242 g/mol. The van der Waals surface area contributed by atoms with Gasteiger partial charge in [0.25, 0.3) is 0 Å². The molecule has 1 rings (SSSR count). The van der Waals surface area contributed by atoms with E-state index in [1.165, 1.54) is 6.42 Å². The van der Waals surface area contributed by atoms with E-state index in [2.05, 4.69) is 23.6 Å². The number of hydrogen-bond donors (Lipinski definition) is 1. The van der Waals surface area contributed by atoms with Crippen molar-refractivity contribution in [2.75, 3.05) is 32.7 Å². The van der Waals surface area contributed by atoms with Gasteiger partial charge in [0.15, 0.2) is 0 Å². The lowest BCUT2D eigenvalue weighted by molar-refractivity contribution is -0.144. The van der Waals surface area contributed by atoms with E-state index in [9.17, 15) is 9.90 Å². The van der Waals surface area contributed by atoms with Gasteiger partial charge in [-0.15, -0.1) is 0 Å². The lowest BCUT2D eigenvalue weighted by Crippen LogP contribution is -2.52. The first-order valence-electron chi connectivity index (χ1n) is 6.88. The molecule has 0 spiro atoms. The maximum atomic E-state index is 11.3. The summed E-state index contributed by atoms with van der Waals surface area (Å²) in [6, 6.07) is -0.265. The summed E-state index contributed by atoms with van der Waals surface area (Å²) >= 11 is 0. The van der Waals surface area contributed by atoms with Crippen molar-refractivity contribution in [2.24, 2.45) is 0 Å². The molecule has 1 atom stereocenters. The Kier molecular flexibility index (Phi) is 6.52. The molecule has 1 unspecified atom stereocenters. The Hall–Kier alpha value is -0.610. The Morgan fingerprint density at radius 1 is 1.18 bits per heavy atom. The summed E-state index contributed by atoms with van der Waals surface area (Å²) in [6.45, 7) is 9.28. The summed E-state index contributed by atoms with van der Waals surface area (Å²) < 4.78 is 0. The van der Waals surface area contributed by atoms with Crippen molar-refractivity contribution in [1.82, 2.24) is 9.80 Å². The van der Waals surface area contributed by atoms with Crippen LogP contribution in [0.15, 0.2) is 0 Å². The fourth-order valence-corrected chi connectivity index (χ4v) is 2.47. The second kappa shape index (κ2) is 7.67. The Morgan fingerprint density at radius 2 is 1.82 bits per heavy atom. The zero-order valence-electron chi connectivity index (χ0n) is 11.2. The van der Waals surface area contributed by atoms with Crippen LogP contribution < -0.4 is 0 Å². The van der Waals surface area contributed by atoms with Gasteiger partial charge in [-0.05, 0) is 19.4 Å². The van der Waals surface area contributed by atoms with Crippen molar-refractivity contribution < 1.29 is 9.90 Å². The van der Waals surface area contributed by atoms with E-state index in [0.717, 1.165) is 52.0 Å². The Bertz CT molecular complexity index is 225. The van der Waals surface area contributed by atoms with Crippen LogP contribution in [0, 0.1) is 0 Å². The van der Waals surface area contributed by atoms with Crippen molar-refractivity contribution >= 4 is 5.97 Å². The average Bonchev–Trinajstić information content (AvgIpc) is 2.31. The van der Waals surface area contributed by atoms with Gasteiger partial charge in [0, 0.05) is 26.2 Å². The van der Waals surface area contributed by atoms with Crippen LogP contribution in [-0.2, 0) is 4.79 Å². The van der Waals surface area contributed by atoms with E-state index < -0.39 is 5.97 Å². The third-order valence-electron chi connectivity index (χ3n) is 3.50. The van der Waals surface area contributed by atoms with Gasteiger partial charge < -0.3 is 10.0 Å². The summed E-state index contributed by atoms with van der Waals surface area (Å²) in [6.07, 6.45) is 4.05. The maximum Gasteiger partial charge on any atom is 0.320 e. The van der Waals surface area contributed by atoms with Crippen molar-refractivity contribution in [3.8, 4) is 0 Å².